The first-order valence-corrected chi connectivity index (χ1v) is 9.83. The number of benzene rings is 2. The van der Waals surface area contributed by atoms with E-state index in [4.69, 9.17) is 0 Å². The fourth-order valence-electron chi connectivity index (χ4n) is 1.87. The summed E-state index contributed by atoms with van der Waals surface area (Å²) >= 11 is 0. The van der Waals surface area contributed by atoms with Gasteiger partial charge in [0, 0.05) is 5.25 Å². The summed E-state index contributed by atoms with van der Waals surface area (Å²) in [5, 5.41) is 2.46. The van der Waals surface area contributed by atoms with E-state index in [2.05, 4.69) is 14.9 Å². The van der Waals surface area contributed by atoms with E-state index < -0.39 is 19.8 Å². The molecule has 4 nitrogen and oxygen atoms in total. The quantitative estimate of drug-likeness (QED) is 0.798. The van der Waals surface area contributed by atoms with Crippen molar-refractivity contribution in [2.24, 2.45) is 3.77 Å². The Bertz CT molecular complexity index is 985. The van der Waals surface area contributed by atoms with Crippen LogP contribution in [-0.4, -0.2) is 12.6 Å². The molecule has 2 rings (SSSR count). The van der Waals surface area contributed by atoms with E-state index in [-0.39, 0.29) is 9.79 Å². The lowest BCUT2D eigenvalue weighted by Crippen LogP contribution is -2.05. The van der Waals surface area contributed by atoms with Gasteiger partial charge in [-0.1, -0.05) is 45.1 Å². The van der Waals surface area contributed by atoms with Crippen LogP contribution in [0.5, 0.6) is 0 Å². The van der Waals surface area contributed by atoms with Gasteiger partial charge in [0.25, 0.3) is 10.0 Å². The summed E-state index contributed by atoms with van der Waals surface area (Å²) in [6.45, 7) is 5.24. The summed E-state index contributed by atoms with van der Waals surface area (Å²) in [6, 6.07) is 12.9. The molecular weight excluding hydrogens is 330 g/mol. The lowest BCUT2D eigenvalue weighted by atomic mass is 10.2. The highest BCUT2D eigenvalue weighted by Gasteiger charge is 2.19. The van der Waals surface area contributed by atoms with Crippen LogP contribution < -0.4 is 0 Å². The molecule has 120 valence electrons. The van der Waals surface area contributed by atoms with Crippen molar-refractivity contribution in [1.82, 2.24) is 0 Å². The van der Waals surface area contributed by atoms with Crippen molar-refractivity contribution >= 4 is 19.8 Å². The molecule has 0 radical (unpaired) electrons. The highest BCUT2D eigenvalue weighted by atomic mass is 32.3. The third kappa shape index (κ3) is 4.01. The molecule has 6 heteroatoms. The van der Waals surface area contributed by atoms with Gasteiger partial charge in [-0.3, -0.25) is 0 Å². The molecule has 0 heterocycles. The van der Waals surface area contributed by atoms with Gasteiger partial charge in [-0.25, -0.2) is 4.21 Å². The minimum absolute atomic E-state index is 0.000778. The van der Waals surface area contributed by atoms with Gasteiger partial charge in [-0.15, -0.1) is 0 Å². The summed E-state index contributed by atoms with van der Waals surface area (Å²) in [4.78, 5) is 0.286. The number of sulfonamides is 1. The minimum atomic E-state index is -4.07. The largest absolute Gasteiger partial charge is 0.291 e. The maximum Gasteiger partial charge on any atom is 0.291 e. The molecule has 0 aliphatic heterocycles. The normalized spacial score (nSPS) is 13.5. The smallest absolute Gasteiger partial charge is 0.230 e. The molecule has 1 unspecified atom stereocenters. The number of rotatable bonds is 3. The molecule has 0 saturated carbocycles. The Morgan fingerprint density at radius 3 is 1.65 bits per heavy atom. The van der Waals surface area contributed by atoms with Gasteiger partial charge in [-0.2, -0.15) is 8.42 Å². The summed E-state index contributed by atoms with van der Waals surface area (Å²) in [7, 11) is -7.44. The first kappa shape index (κ1) is 17.3. The molecule has 2 aromatic carbocycles. The van der Waals surface area contributed by atoms with E-state index >= 15 is 0 Å². The molecule has 0 spiro atoms. The predicted octanol–water partition coefficient (Wildman–Crippen LogP) is 3.50. The van der Waals surface area contributed by atoms with Gasteiger partial charge >= 0.3 is 0 Å². The van der Waals surface area contributed by atoms with E-state index in [0.717, 1.165) is 11.1 Å². The Labute approximate surface area is 137 Å². The maximum absolute atomic E-state index is 13.0. The van der Waals surface area contributed by atoms with Crippen molar-refractivity contribution in [3.05, 3.63) is 59.7 Å². The zero-order chi connectivity index (χ0) is 17.1. The number of hydrogen-bond acceptors (Lipinski definition) is 3. The van der Waals surface area contributed by atoms with Crippen LogP contribution in [0.3, 0.4) is 0 Å². The fourth-order valence-corrected chi connectivity index (χ4v) is 5.20. The van der Waals surface area contributed by atoms with Crippen LogP contribution in [0.25, 0.3) is 0 Å². The predicted molar refractivity (Wildman–Crippen MR) is 91.8 cm³/mol. The molecule has 0 aromatic heterocycles. The Kier molecular flexibility index (Phi) is 4.93. The topological polar surface area (TPSA) is 63.6 Å². The average molecular weight is 347 g/mol. The number of nitrogens with zero attached hydrogens (tertiary/aromatic N) is 1. The van der Waals surface area contributed by atoms with Gasteiger partial charge in [-0.05, 0) is 45.0 Å². The average Bonchev–Trinajstić information content (AvgIpc) is 2.48. The third-order valence-corrected chi connectivity index (χ3v) is 6.99. The first-order valence-electron chi connectivity index (χ1n) is 6.87. The first-order chi connectivity index (χ1) is 10.8. The van der Waals surface area contributed by atoms with E-state index in [1.54, 1.807) is 36.4 Å². The summed E-state index contributed by atoms with van der Waals surface area (Å²) < 4.78 is 41.6. The molecule has 1 atom stereocenters. The molecule has 0 aliphatic rings. The molecular formula is C17H17NO3S2. The monoisotopic (exact) mass is 347 g/mol. The molecule has 0 amide bonds. The van der Waals surface area contributed by atoms with Crippen LogP contribution >= 0.6 is 0 Å². The molecule has 0 fully saturated rings. The van der Waals surface area contributed by atoms with Crippen LogP contribution in [0.1, 0.15) is 18.1 Å². The summed E-state index contributed by atoms with van der Waals surface area (Å²) in [5.41, 5.74) is 1.90. The Morgan fingerprint density at radius 2 is 1.22 bits per heavy atom. The van der Waals surface area contributed by atoms with Crippen LogP contribution in [0.2, 0.25) is 0 Å². The standard InChI is InChI=1S/C17H17NO3S2/c1-4-13-22(19,16-9-5-14(2)6-10-16)18-23(20,21)17-11-7-15(3)8-12-17/h5-12H,1-3H3. The molecule has 0 N–H and O–H groups in total. The van der Waals surface area contributed by atoms with E-state index in [9.17, 15) is 12.6 Å². The summed E-state index contributed by atoms with van der Waals surface area (Å²) in [5.74, 6) is 2.52. The van der Waals surface area contributed by atoms with Gasteiger partial charge in [0.1, 0.15) is 0 Å². The second-order valence-corrected chi connectivity index (χ2v) is 8.80. The van der Waals surface area contributed by atoms with Gasteiger partial charge < -0.3 is 0 Å². The van der Waals surface area contributed by atoms with Crippen molar-refractivity contribution in [2.45, 2.75) is 30.6 Å². The molecule has 0 bridgehead atoms. The van der Waals surface area contributed by atoms with E-state index in [1.165, 1.54) is 19.1 Å². The minimum Gasteiger partial charge on any atom is -0.230 e. The van der Waals surface area contributed by atoms with Crippen LogP contribution in [0.15, 0.2) is 62.1 Å². The van der Waals surface area contributed by atoms with Crippen LogP contribution in [-0.2, 0) is 19.8 Å². The van der Waals surface area contributed by atoms with Crippen LogP contribution in [0.4, 0.5) is 0 Å². The number of hydrogen-bond donors (Lipinski definition) is 0. The second-order valence-electron chi connectivity index (χ2n) is 5.05. The Morgan fingerprint density at radius 1 is 0.783 bits per heavy atom. The molecule has 0 aliphatic carbocycles. The van der Waals surface area contributed by atoms with E-state index in [1.807, 2.05) is 13.8 Å². The number of aryl methyl sites for hydroxylation is 2. The van der Waals surface area contributed by atoms with Crippen molar-refractivity contribution < 1.29 is 12.6 Å². The zero-order valence-electron chi connectivity index (χ0n) is 13.1. The second kappa shape index (κ2) is 6.57. The lowest BCUT2D eigenvalue weighted by molar-refractivity contribution is 0.598. The van der Waals surface area contributed by atoms with Crippen molar-refractivity contribution in [3.63, 3.8) is 0 Å². The maximum atomic E-state index is 13.0. The third-order valence-electron chi connectivity index (χ3n) is 3.10. The van der Waals surface area contributed by atoms with Crippen LogP contribution in [0, 0.1) is 25.0 Å². The van der Waals surface area contributed by atoms with Gasteiger partial charge in [0.2, 0.25) is 0 Å². The van der Waals surface area contributed by atoms with Gasteiger partial charge in [0.15, 0.2) is 9.73 Å². The zero-order valence-corrected chi connectivity index (χ0v) is 14.7. The van der Waals surface area contributed by atoms with Crippen molar-refractivity contribution in [1.29, 1.82) is 0 Å². The highest BCUT2D eigenvalue weighted by molar-refractivity contribution is 8.06. The van der Waals surface area contributed by atoms with Crippen molar-refractivity contribution in [3.8, 4) is 11.2 Å². The molecule has 23 heavy (non-hydrogen) atoms. The SMILES string of the molecule is CC#CS(=O)(=NS(=O)(=O)c1ccc(C)cc1)c1ccc(C)cc1. The Balaban J connectivity index is 2.66. The molecule has 0 saturated heterocycles. The summed E-state index contributed by atoms with van der Waals surface area (Å²) in [6.07, 6.45) is 0. The Hall–Kier alpha value is -2.10. The lowest BCUT2D eigenvalue weighted by Gasteiger charge is -2.05. The van der Waals surface area contributed by atoms with E-state index in [0.29, 0.717) is 0 Å². The highest BCUT2D eigenvalue weighted by Crippen LogP contribution is 2.20. The van der Waals surface area contributed by atoms with Gasteiger partial charge in [0.05, 0.1) is 9.79 Å². The van der Waals surface area contributed by atoms with Crippen molar-refractivity contribution in [2.75, 3.05) is 0 Å². The molecule has 2 aromatic rings. The fraction of sp³-hybridized carbons (Fsp3) is 0.176.